The first-order valence-electron chi connectivity index (χ1n) is 5.64. The van der Waals surface area contributed by atoms with Crippen molar-refractivity contribution in [3.8, 4) is 0 Å². The van der Waals surface area contributed by atoms with Gasteiger partial charge in [0, 0.05) is 11.6 Å². The maximum Gasteiger partial charge on any atom is 0.235 e. The van der Waals surface area contributed by atoms with Crippen molar-refractivity contribution in [1.29, 1.82) is 0 Å². The Balaban J connectivity index is 2.32. The van der Waals surface area contributed by atoms with Crippen molar-refractivity contribution in [3.63, 3.8) is 0 Å². The molecule has 0 fully saturated rings. The molecule has 4 heteroatoms. The lowest BCUT2D eigenvalue weighted by atomic mass is 10.2. The first-order chi connectivity index (χ1) is 8.83. The van der Waals surface area contributed by atoms with Gasteiger partial charge in [-0.3, -0.25) is 4.40 Å². The Kier molecular flexibility index (Phi) is 1.73. The van der Waals surface area contributed by atoms with Crippen LogP contribution in [0.4, 0.5) is 4.39 Å². The number of hydrogen-bond donors (Lipinski definition) is 0. The van der Waals surface area contributed by atoms with E-state index in [0.717, 1.165) is 21.9 Å². The third-order valence-electron chi connectivity index (χ3n) is 3.09. The molecule has 3 nitrogen and oxygen atoms in total. The molecule has 0 saturated carbocycles. The number of halogens is 1. The molecule has 0 saturated heterocycles. The number of fused-ring (bicyclic) bond motifs is 5. The molecular formula is C14H8FN3. The zero-order valence-electron chi connectivity index (χ0n) is 9.34. The number of benzene rings is 2. The number of para-hydroxylation sites is 2. The van der Waals surface area contributed by atoms with Crippen molar-refractivity contribution < 1.29 is 4.39 Å². The van der Waals surface area contributed by atoms with Gasteiger partial charge in [-0.15, -0.1) is 0 Å². The third kappa shape index (κ3) is 1.17. The van der Waals surface area contributed by atoms with Gasteiger partial charge in [-0.1, -0.05) is 12.1 Å². The van der Waals surface area contributed by atoms with Crippen LogP contribution in [0.15, 0.2) is 48.7 Å². The second-order valence-electron chi connectivity index (χ2n) is 4.20. The van der Waals surface area contributed by atoms with E-state index >= 15 is 0 Å². The number of hydrogen-bond acceptors (Lipinski definition) is 2. The average molecular weight is 237 g/mol. The molecule has 0 radical (unpaired) electrons. The Bertz CT molecular complexity index is 895. The Morgan fingerprint density at radius 2 is 1.89 bits per heavy atom. The standard InChI is InChI=1S/C14H8FN3/c15-10-5-6-12-9(7-10)8-16-14-17-11-3-1-2-4-13(11)18(12)14/h1-8H. The van der Waals surface area contributed by atoms with Crippen LogP contribution in [0.3, 0.4) is 0 Å². The van der Waals surface area contributed by atoms with Gasteiger partial charge < -0.3 is 0 Å². The molecule has 86 valence electrons. The molecule has 2 aromatic heterocycles. The summed E-state index contributed by atoms with van der Waals surface area (Å²) in [6.45, 7) is 0. The molecule has 18 heavy (non-hydrogen) atoms. The molecule has 0 bridgehead atoms. The van der Waals surface area contributed by atoms with Crippen molar-refractivity contribution in [1.82, 2.24) is 14.4 Å². The van der Waals surface area contributed by atoms with E-state index in [9.17, 15) is 4.39 Å². The van der Waals surface area contributed by atoms with Gasteiger partial charge in [-0.25, -0.2) is 14.4 Å². The van der Waals surface area contributed by atoms with E-state index in [1.807, 2.05) is 28.7 Å². The summed E-state index contributed by atoms with van der Waals surface area (Å²) in [7, 11) is 0. The van der Waals surface area contributed by atoms with Gasteiger partial charge in [0.25, 0.3) is 0 Å². The highest BCUT2D eigenvalue weighted by Crippen LogP contribution is 2.21. The fraction of sp³-hybridized carbons (Fsp3) is 0. The maximum absolute atomic E-state index is 13.2. The minimum Gasteiger partial charge on any atom is -0.276 e. The summed E-state index contributed by atoms with van der Waals surface area (Å²) in [4.78, 5) is 8.72. The fourth-order valence-corrected chi connectivity index (χ4v) is 2.30. The fourth-order valence-electron chi connectivity index (χ4n) is 2.30. The number of aromatic nitrogens is 3. The minimum atomic E-state index is -0.256. The van der Waals surface area contributed by atoms with Gasteiger partial charge in [-0.2, -0.15) is 0 Å². The van der Waals surface area contributed by atoms with Crippen LogP contribution in [0.1, 0.15) is 0 Å². The lowest BCUT2D eigenvalue weighted by Crippen LogP contribution is -1.91. The lowest BCUT2D eigenvalue weighted by Gasteiger charge is -2.02. The molecule has 0 spiro atoms. The second-order valence-corrected chi connectivity index (χ2v) is 4.20. The molecular weight excluding hydrogens is 229 g/mol. The van der Waals surface area contributed by atoms with Crippen molar-refractivity contribution in [3.05, 3.63) is 54.5 Å². The summed E-state index contributed by atoms with van der Waals surface area (Å²) in [5, 5.41) is 0.769. The Hall–Kier alpha value is -2.49. The van der Waals surface area contributed by atoms with Gasteiger partial charge >= 0.3 is 0 Å². The summed E-state index contributed by atoms with van der Waals surface area (Å²) in [6.07, 6.45) is 1.65. The van der Waals surface area contributed by atoms with Crippen LogP contribution in [0.25, 0.3) is 27.7 Å². The van der Waals surface area contributed by atoms with E-state index in [0.29, 0.717) is 5.78 Å². The molecule has 0 amide bonds. The molecule has 0 aliphatic carbocycles. The second kappa shape index (κ2) is 3.26. The molecule has 0 N–H and O–H groups in total. The smallest absolute Gasteiger partial charge is 0.235 e. The number of rotatable bonds is 0. The van der Waals surface area contributed by atoms with E-state index in [1.54, 1.807) is 12.3 Å². The van der Waals surface area contributed by atoms with Gasteiger partial charge in [-0.05, 0) is 30.3 Å². The van der Waals surface area contributed by atoms with Crippen LogP contribution in [0, 0.1) is 5.82 Å². The summed E-state index contributed by atoms with van der Waals surface area (Å²) < 4.78 is 15.2. The number of imidazole rings is 1. The molecule has 4 rings (SSSR count). The van der Waals surface area contributed by atoms with Gasteiger partial charge in [0.05, 0.1) is 16.6 Å². The van der Waals surface area contributed by atoms with Crippen LogP contribution < -0.4 is 0 Å². The van der Waals surface area contributed by atoms with E-state index < -0.39 is 0 Å². The summed E-state index contributed by atoms with van der Waals surface area (Å²) >= 11 is 0. The van der Waals surface area contributed by atoms with Crippen molar-refractivity contribution in [2.45, 2.75) is 0 Å². The predicted octanol–water partition coefficient (Wildman–Crippen LogP) is 3.17. The highest BCUT2D eigenvalue weighted by Gasteiger charge is 2.08. The molecule has 4 aromatic rings. The molecule has 2 heterocycles. The van der Waals surface area contributed by atoms with Gasteiger partial charge in [0.1, 0.15) is 5.82 Å². The van der Waals surface area contributed by atoms with Crippen LogP contribution >= 0.6 is 0 Å². The minimum absolute atomic E-state index is 0.256. The highest BCUT2D eigenvalue weighted by atomic mass is 19.1. The Labute approximate surface area is 102 Å². The maximum atomic E-state index is 13.2. The van der Waals surface area contributed by atoms with Crippen LogP contribution in [-0.2, 0) is 0 Å². The van der Waals surface area contributed by atoms with Crippen LogP contribution in [0.5, 0.6) is 0 Å². The number of nitrogens with zero attached hydrogens (tertiary/aromatic N) is 3. The van der Waals surface area contributed by atoms with E-state index in [-0.39, 0.29) is 5.82 Å². The van der Waals surface area contributed by atoms with Crippen LogP contribution in [0.2, 0.25) is 0 Å². The third-order valence-corrected chi connectivity index (χ3v) is 3.09. The van der Waals surface area contributed by atoms with Gasteiger partial charge in [0.2, 0.25) is 5.78 Å². The topological polar surface area (TPSA) is 30.2 Å². The van der Waals surface area contributed by atoms with E-state index in [1.165, 1.54) is 12.1 Å². The summed E-state index contributed by atoms with van der Waals surface area (Å²) in [5.74, 6) is 0.378. The first-order valence-corrected chi connectivity index (χ1v) is 5.64. The molecule has 0 aliphatic rings. The van der Waals surface area contributed by atoms with Crippen LogP contribution in [-0.4, -0.2) is 14.4 Å². The quantitative estimate of drug-likeness (QED) is 0.470. The largest absolute Gasteiger partial charge is 0.276 e. The Morgan fingerprint density at radius 3 is 2.83 bits per heavy atom. The summed E-state index contributed by atoms with van der Waals surface area (Å²) in [6, 6.07) is 12.5. The molecule has 2 aromatic carbocycles. The zero-order chi connectivity index (χ0) is 12.1. The highest BCUT2D eigenvalue weighted by molar-refractivity contribution is 5.88. The predicted molar refractivity (Wildman–Crippen MR) is 68.0 cm³/mol. The average Bonchev–Trinajstić information content (AvgIpc) is 2.77. The van der Waals surface area contributed by atoms with Crippen molar-refractivity contribution in [2.75, 3.05) is 0 Å². The zero-order valence-corrected chi connectivity index (χ0v) is 9.34. The summed E-state index contributed by atoms with van der Waals surface area (Å²) in [5.41, 5.74) is 2.79. The van der Waals surface area contributed by atoms with Crippen molar-refractivity contribution >= 4 is 27.7 Å². The molecule has 0 aliphatic heterocycles. The Morgan fingerprint density at radius 1 is 1.00 bits per heavy atom. The molecule has 0 unspecified atom stereocenters. The SMILES string of the molecule is Fc1ccc2c(cnc3nc4ccccc4n32)c1. The molecule has 0 atom stereocenters. The van der Waals surface area contributed by atoms with E-state index in [2.05, 4.69) is 9.97 Å². The van der Waals surface area contributed by atoms with Crippen molar-refractivity contribution in [2.24, 2.45) is 0 Å². The monoisotopic (exact) mass is 237 g/mol. The van der Waals surface area contributed by atoms with E-state index in [4.69, 9.17) is 0 Å². The lowest BCUT2D eigenvalue weighted by molar-refractivity contribution is 0.629. The first kappa shape index (κ1) is 9.53. The van der Waals surface area contributed by atoms with Gasteiger partial charge in [0.15, 0.2) is 0 Å². The normalized spacial score (nSPS) is 11.6.